The van der Waals surface area contributed by atoms with E-state index in [1.165, 1.54) is 12.1 Å². The average Bonchev–Trinajstić information content (AvgIpc) is 3.05. The molecule has 156 valence electrons. The van der Waals surface area contributed by atoms with Crippen LogP contribution in [0.25, 0.3) is 6.08 Å². The maximum absolute atomic E-state index is 13.0. The molecule has 1 aliphatic carbocycles. The van der Waals surface area contributed by atoms with E-state index in [2.05, 4.69) is 25.9 Å². The molecule has 9 heteroatoms. The monoisotopic (exact) mass is 427 g/mol. The topological polar surface area (TPSA) is 96.0 Å². The maximum Gasteiger partial charge on any atom is 0.290 e. The van der Waals surface area contributed by atoms with Gasteiger partial charge in [-0.25, -0.2) is 14.4 Å². The third-order valence-electron chi connectivity index (χ3n) is 5.17. The fourth-order valence-electron chi connectivity index (χ4n) is 3.57. The molecular formula is C21H22FN5O2S. The van der Waals surface area contributed by atoms with Gasteiger partial charge in [0.05, 0.1) is 10.6 Å². The van der Waals surface area contributed by atoms with Crippen LogP contribution in [-0.4, -0.2) is 33.2 Å². The highest BCUT2D eigenvalue weighted by molar-refractivity contribution is 8.18. The number of anilines is 1. The number of nitrogens with one attached hydrogen (secondary N) is 3. The summed E-state index contributed by atoms with van der Waals surface area (Å²) in [7, 11) is 0. The summed E-state index contributed by atoms with van der Waals surface area (Å²) in [5.41, 5.74) is 1.65. The van der Waals surface area contributed by atoms with E-state index in [1.54, 1.807) is 30.5 Å². The number of aromatic nitrogens is 2. The van der Waals surface area contributed by atoms with Crippen molar-refractivity contribution in [3.63, 3.8) is 0 Å². The van der Waals surface area contributed by atoms with Crippen LogP contribution in [-0.2, 0) is 11.3 Å². The molecule has 2 aliphatic rings. The SMILES string of the molecule is O=C1NC(=O)C(=Cc2ccnc(NC3CCC(NCc4ccc(F)cc4)CC3)n2)S1. The predicted octanol–water partition coefficient (Wildman–Crippen LogP) is 3.45. The normalized spacial score (nSPS) is 22.9. The number of rotatable bonds is 6. The van der Waals surface area contributed by atoms with Crippen LogP contribution in [0.5, 0.6) is 0 Å². The molecule has 1 aromatic heterocycles. The Hall–Kier alpha value is -2.78. The van der Waals surface area contributed by atoms with E-state index < -0.39 is 5.91 Å². The molecule has 2 heterocycles. The zero-order valence-electron chi connectivity index (χ0n) is 16.2. The minimum absolute atomic E-state index is 0.216. The van der Waals surface area contributed by atoms with Crippen LogP contribution in [0.2, 0.25) is 0 Å². The summed E-state index contributed by atoms with van der Waals surface area (Å²) in [4.78, 5) is 32.0. The lowest BCUT2D eigenvalue weighted by Gasteiger charge is -2.29. The van der Waals surface area contributed by atoms with Gasteiger partial charge in [-0.3, -0.25) is 14.9 Å². The summed E-state index contributed by atoms with van der Waals surface area (Å²) in [6.45, 7) is 0.733. The van der Waals surface area contributed by atoms with Gasteiger partial charge < -0.3 is 10.6 Å². The van der Waals surface area contributed by atoms with Crippen LogP contribution in [0, 0.1) is 5.82 Å². The second-order valence-corrected chi connectivity index (χ2v) is 8.37. The fraction of sp³-hybridized carbons (Fsp3) is 0.333. The van der Waals surface area contributed by atoms with E-state index in [9.17, 15) is 14.0 Å². The summed E-state index contributed by atoms with van der Waals surface area (Å²) in [6, 6.07) is 8.99. The van der Waals surface area contributed by atoms with Crippen molar-refractivity contribution in [3.8, 4) is 0 Å². The molecule has 2 amide bonds. The minimum atomic E-state index is -0.399. The number of thioether (sulfide) groups is 1. The summed E-state index contributed by atoms with van der Waals surface area (Å²) in [6.07, 6.45) is 7.26. The highest BCUT2D eigenvalue weighted by atomic mass is 32.2. The predicted molar refractivity (Wildman–Crippen MR) is 114 cm³/mol. The van der Waals surface area contributed by atoms with Crippen molar-refractivity contribution >= 4 is 34.9 Å². The van der Waals surface area contributed by atoms with E-state index in [4.69, 9.17) is 0 Å². The van der Waals surface area contributed by atoms with Gasteiger partial charge in [-0.05, 0) is 67.3 Å². The molecule has 2 fully saturated rings. The van der Waals surface area contributed by atoms with Gasteiger partial charge in [-0.1, -0.05) is 12.1 Å². The molecule has 1 aliphatic heterocycles. The quantitative estimate of drug-likeness (QED) is 0.608. The van der Waals surface area contributed by atoms with Crippen LogP contribution in [0.3, 0.4) is 0 Å². The molecule has 1 saturated heterocycles. The van der Waals surface area contributed by atoms with Crippen molar-refractivity contribution in [2.75, 3.05) is 5.32 Å². The molecule has 4 rings (SSSR count). The van der Waals surface area contributed by atoms with Crippen LogP contribution in [0.1, 0.15) is 36.9 Å². The number of halogens is 1. The van der Waals surface area contributed by atoms with Gasteiger partial charge in [-0.2, -0.15) is 0 Å². The summed E-state index contributed by atoms with van der Waals surface area (Å²) >= 11 is 0.869. The second kappa shape index (κ2) is 9.36. The third kappa shape index (κ3) is 5.43. The molecule has 1 aromatic carbocycles. The first-order valence-electron chi connectivity index (χ1n) is 9.87. The number of amides is 2. The molecule has 0 spiro atoms. The minimum Gasteiger partial charge on any atom is -0.351 e. The molecule has 7 nitrogen and oxygen atoms in total. The number of hydrogen-bond acceptors (Lipinski definition) is 7. The smallest absolute Gasteiger partial charge is 0.290 e. The van der Waals surface area contributed by atoms with E-state index in [1.807, 2.05) is 0 Å². The van der Waals surface area contributed by atoms with Gasteiger partial charge in [0.25, 0.3) is 11.1 Å². The van der Waals surface area contributed by atoms with Crippen molar-refractivity contribution in [2.24, 2.45) is 0 Å². The molecule has 2 aromatic rings. The number of carbonyl (C=O) groups is 2. The Balaban J connectivity index is 1.27. The maximum atomic E-state index is 13.0. The second-order valence-electron chi connectivity index (χ2n) is 7.36. The van der Waals surface area contributed by atoms with E-state index >= 15 is 0 Å². The molecule has 3 N–H and O–H groups in total. The molecule has 0 unspecified atom stereocenters. The average molecular weight is 428 g/mol. The summed E-state index contributed by atoms with van der Waals surface area (Å²) in [5.74, 6) is -0.0991. The first-order chi connectivity index (χ1) is 14.5. The molecule has 0 bridgehead atoms. The van der Waals surface area contributed by atoms with Crippen LogP contribution in [0.4, 0.5) is 15.1 Å². The lowest BCUT2D eigenvalue weighted by molar-refractivity contribution is -0.115. The van der Waals surface area contributed by atoms with Crippen molar-refractivity contribution in [1.82, 2.24) is 20.6 Å². The Bertz CT molecular complexity index is 958. The Morgan fingerprint density at radius 3 is 2.53 bits per heavy atom. The zero-order valence-corrected chi connectivity index (χ0v) is 17.0. The largest absolute Gasteiger partial charge is 0.351 e. The van der Waals surface area contributed by atoms with Crippen LogP contribution < -0.4 is 16.0 Å². The van der Waals surface area contributed by atoms with E-state index in [-0.39, 0.29) is 17.1 Å². The van der Waals surface area contributed by atoms with Crippen molar-refractivity contribution in [1.29, 1.82) is 0 Å². The number of imide groups is 1. The molecule has 30 heavy (non-hydrogen) atoms. The van der Waals surface area contributed by atoms with Crippen molar-refractivity contribution in [3.05, 3.63) is 58.5 Å². The lowest BCUT2D eigenvalue weighted by atomic mass is 9.91. The van der Waals surface area contributed by atoms with Gasteiger partial charge in [0.1, 0.15) is 5.82 Å². The lowest BCUT2D eigenvalue weighted by Crippen LogP contribution is -2.36. The van der Waals surface area contributed by atoms with Crippen molar-refractivity contribution in [2.45, 2.75) is 44.3 Å². The first kappa shape index (κ1) is 20.5. The fourth-order valence-corrected chi connectivity index (χ4v) is 4.23. The zero-order chi connectivity index (χ0) is 20.9. The Labute approximate surface area is 178 Å². The Kier molecular flexibility index (Phi) is 6.39. The number of carbonyl (C=O) groups excluding carboxylic acids is 2. The Morgan fingerprint density at radius 2 is 1.83 bits per heavy atom. The van der Waals surface area contributed by atoms with Crippen LogP contribution in [0.15, 0.2) is 41.4 Å². The van der Waals surface area contributed by atoms with Gasteiger partial charge in [0, 0.05) is 24.8 Å². The van der Waals surface area contributed by atoms with Crippen LogP contribution >= 0.6 is 11.8 Å². The van der Waals surface area contributed by atoms with Gasteiger partial charge in [0.15, 0.2) is 0 Å². The summed E-state index contributed by atoms with van der Waals surface area (Å²) < 4.78 is 13.0. The highest BCUT2D eigenvalue weighted by Crippen LogP contribution is 2.25. The number of benzene rings is 1. The Morgan fingerprint density at radius 1 is 1.10 bits per heavy atom. The van der Waals surface area contributed by atoms with E-state index in [0.29, 0.717) is 22.6 Å². The molecule has 0 radical (unpaired) electrons. The molecule has 1 saturated carbocycles. The molecule has 0 atom stereocenters. The van der Waals surface area contributed by atoms with E-state index in [0.717, 1.165) is 49.6 Å². The number of nitrogens with zero attached hydrogens (tertiary/aromatic N) is 2. The first-order valence-corrected chi connectivity index (χ1v) is 10.7. The van der Waals surface area contributed by atoms with Gasteiger partial charge >= 0.3 is 0 Å². The van der Waals surface area contributed by atoms with Gasteiger partial charge in [0.2, 0.25) is 5.95 Å². The number of hydrogen-bond donors (Lipinski definition) is 3. The van der Waals surface area contributed by atoms with Gasteiger partial charge in [-0.15, -0.1) is 0 Å². The highest BCUT2D eigenvalue weighted by Gasteiger charge is 2.25. The standard InChI is InChI=1S/C21H22FN5O2S/c22-14-3-1-13(2-4-14)12-24-15-5-7-16(8-6-15)25-20-23-10-9-17(26-20)11-18-19(28)27-21(29)30-18/h1-4,9-11,15-16,24H,5-8,12H2,(H,23,25,26)(H,27,28,29). The molecular weight excluding hydrogens is 405 g/mol. The third-order valence-corrected chi connectivity index (χ3v) is 5.98. The summed E-state index contributed by atoms with van der Waals surface area (Å²) in [5, 5.41) is 8.77. The van der Waals surface area contributed by atoms with Crippen molar-refractivity contribution < 1.29 is 14.0 Å².